The van der Waals surface area contributed by atoms with Crippen LogP contribution in [-0.2, 0) is 6.18 Å². The fraction of sp³-hybridized carbons (Fsp3) is 0.480. The first kappa shape index (κ1) is 23.7. The Balaban J connectivity index is 1.40. The van der Waals surface area contributed by atoms with E-state index in [0.717, 1.165) is 45.1 Å². The summed E-state index contributed by atoms with van der Waals surface area (Å²) in [5, 5.41) is 23.1. The van der Waals surface area contributed by atoms with Crippen molar-refractivity contribution in [3.05, 3.63) is 42.1 Å². The summed E-state index contributed by atoms with van der Waals surface area (Å²) in [5.41, 5.74) is 0.134. The zero-order valence-electron chi connectivity index (χ0n) is 19.6. The van der Waals surface area contributed by atoms with Gasteiger partial charge in [0.25, 0.3) is 0 Å². The van der Waals surface area contributed by atoms with Crippen molar-refractivity contribution in [2.45, 2.75) is 43.9 Å². The van der Waals surface area contributed by atoms with Gasteiger partial charge in [0.2, 0.25) is 0 Å². The van der Waals surface area contributed by atoms with Crippen LogP contribution in [0.4, 0.5) is 19.0 Å². The number of aromatic hydroxyl groups is 1. The molecule has 2 aliphatic rings. The number of fused-ring (bicyclic) bond motifs is 1. The summed E-state index contributed by atoms with van der Waals surface area (Å²) in [6.07, 6.45) is 1.58. The Morgan fingerprint density at radius 1 is 1.06 bits per heavy atom. The van der Waals surface area contributed by atoms with Crippen molar-refractivity contribution in [1.82, 2.24) is 25.0 Å². The standard InChI is InChI=1S/C25H29F3N6O/c1-33-12-8-18(9-13-33)34-11-3-4-17(15-34)30-24-23-20(5-2-10-29-23)22(31-32-24)19-7-6-16(14-21(19)35)25(26,27)28/h2,5-7,10,14,17-18,35H,3-4,8-9,11-13,15H2,1H3,(H,30,32)/t17-/m1/s1. The minimum Gasteiger partial charge on any atom is -0.507 e. The molecule has 0 radical (unpaired) electrons. The molecule has 2 aromatic heterocycles. The number of phenolic OH excluding ortho intramolecular Hbond substituents is 1. The van der Waals surface area contributed by atoms with E-state index in [2.05, 4.69) is 37.3 Å². The third kappa shape index (κ3) is 5.04. The van der Waals surface area contributed by atoms with Crippen molar-refractivity contribution in [2.75, 3.05) is 38.5 Å². The second kappa shape index (κ2) is 9.58. The fourth-order valence-electron chi connectivity index (χ4n) is 5.20. The molecular weight excluding hydrogens is 457 g/mol. The third-order valence-electron chi connectivity index (χ3n) is 7.12. The van der Waals surface area contributed by atoms with Gasteiger partial charge in [-0.15, -0.1) is 10.2 Å². The molecule has 186 valence electrons. The molecule has 1 atom stereocenters. The summed E-state index contributed by atoms with van der Waals surface area (Å²) in [4.78, 5) is 9.44. The number of anilines is 1. The van der Waals surface area contributed by atoms with Gasteiger partial charge in [-0.3, -0.25) is 9.88 Å². The highest BCUT2D eigenvalue weighted by Crippen LogP contribution is 2.38. The first-order chi connectivity index (χ1) is 16.8. The first-order valence-electron chi connectivity index (χ1n) is 12.0. The lowest BCUT2D eigenvalue weighted by Crippen LogP contribution is -2.50. The molecule has 1 aromatic carbocycles. The summed E-state index contributed by atoms with van der Waals surface area (Å²) in [7, 11) is 2.17. The van der Waals surface area contributed by atoms with Gasteiger partial charge in [-0.25, -0.2) is 0 Å². The van der Waals surface area contributed by atoms with Crippen LogP contribution in [-0.4, -0.2) is 75.4 Å². The van der Waals surface area contributed by atoms with Crippen molar-refractivity contribution in [3.8, 4) is 17.0 Å². The maximum Gasteiger partial charge on any atom is 0.416 e. The van der Waals surface area contributed by atoms with Gasteiger partial charge in [-0.05, 0) is 82.7 Å². The highest BCUT2D eigenvalue weighted by Gasteiger charge is 2.32. The quantitative estimate of drug-likeness (QED) is 0.567. The Morgan fingerprint density at radius 2 is 1.86 bits per heavy atom. The number of piperidine rings is 2. The van der Waals surface area contributed by atoms with Crippen molar-refractivity contribution < 1.29 is 18.3 Å². The van der Waals surface area contributed by atoms with Gasteiger partial charge in [0.1, 0.15) is 17.0 Å². The lowest BCUT2D eigenvalue weighted by Gasteiger charge is -2.41. The predicted molar refractivity (Wildman–Crippen MR) is 128 cm³/mol. The molecule has 2 N–H and O–H groups in total. The number of hydrogen-bond acceptors (Lipinski definition) is 7. The van der Waals surface area contributed by atoms with E-state index in [1.54, 1.807) is 18.3 Å². The Morgan fingerprint density at radius 3 is 2.60 bits per heavy atom. The molecule has 0 unspecified atom stereocenters. The van der Waals surface area contributed by atoms with Gasteiger partial charge in [-0.2, -0.15) is 13.2 Å². The Kier molecular flexibility index (Phi) is 6.50. The molecule has 2 fully saturated rings. The molecule has 2 saturated heterocycles. The number of nitrogens with zero attached hydrogens (tertiary/aromatic N) is 5. The summed E-state index contributed by atoms with van der Waals surface area (Å²) < 4.78 is 39.1. The van der Waals surface area contributed by atoms with Crippen LogP contribution in [0.5, 0.6) is 5.75 Å². The number of phenols is 1. The molecule has 7 nitrogen and oxygen atoms in total. The van der Waals surface area contributed by atoms with E-state index in [-0.39, 0.29) is 11.6 Å². The van der Waals surface area contributed by atoms with Crippen LogP contribution in [0.2, 0.25) is 0 Å². The minimum atomic E-state index is -4.54. The number of likely N-dealkylation sites (tertiary alicyclic amines) is 2. The SMILES string of the molecule is CN1CCC(N2CCC[C@@H](Nc3nnc(-c4ccc(C(F)(F)F)cc4O)c4cccnc34)C2)CC1. The second-order valence-corrected chi connectivity index (χ2v) is 9.54. The van der Waals surface area contributed by atoms with E-state index in [9.17, 15) is 18.3 Å². The topological polar surface area (TPSA) is 77.4 Å². The monoisotopic (exact) mass is 486 g/mol. The van der Waals surface area contributed by atoms with Crippen LogP contribution < -0.4 is 5.32 Å². The average molecular weight is 487 g/mol. The minimum absolute atomic E-state index is 0.182. The molecule has 0 spiro atoms. The highest BCUT2D eigenvalue weighted by molar-refractivity contribution is 5.98. The number of benzene rings is 1. The Labute approximate surface area is 202 Å². The Hall–Kier alpha value is -2.98. The number of pyridine rings is 1. The molecule has 3 aromatic rings. The molecule has 0 aliphatic carbocycles. The number of aromatic nitrogens is 3. The van der Waals surface area contributed by atoms with Gasteiger partial charge in [0.15, 0.2) is 5.82 Å². The van der Waals surface area contributed by atoms with Crippen LogP contribution in [0.25, 0.3) is 22.2 Å². The predicted octanol–water partition coefficient (Wildman–Crippen LogP) is 4.39. The normalized spacial score (nSPS) is 20.9. The van der Waals surface area contributed by atoms with Gasteiger partial charge >= 0.3 is 6.18 Å². The highest BCUT2D eigenvalue weighted by atomic mass is 19.4. The molecule has 0 amide bonds. The van der Waals surface area contributed by atoms with Gasteiger partial charge in [0.05, 0.1) is 5.56 Å². The molecular formula is C25H29F3N6O. The van der Waals surface area contributed by atoms with Crippen LogP contribution >= 0.6 is 0 Å². The maximum atomic E-state index is 13.0. The largest absolute Gasteiger partial charge is 0.507 e. The number of nitrogens with one attached hydrogen (secondary N) is 1. The van der Waals surface area contributed by atoms with Crippen LogP contribution in [0.15, 0.2) is 36.5 Å². The lowest BCUT2D eigenvalue weighted by molar-refractivity contribution is -0.137. The summed E-state index contributed by atoms with van der Waals surface area (Å²) in [6.45, 7) is 4.27. The molecule has 4 heterocycles. The molecule has 10 heteroatoms. The first-order valence-corrected chi connectivity index (χ1v) is 12.0. The van der Waals surface area contributed by atoms with Crippen molar-refractivity contribution in [1.29, 1.82) is 0 Å². The van der Waals surface area contributed by atoms with E-state index in [4.69, 9.17) is 0 Å². The van der Waals surface area contributed by atoms with E-state index >= 15 is 0 Å². The van der Waals surface area contributed by atoms with Gasteiger partial charge in [-0.1, -0.05) is 0 Å². The zero-order valence-corrected chi connectivity index (χ0v) is 19.6. The van der Waals surface area contributed by atoms with Crippen LogP contribution in [0.1, 0.15) is 31.2 Å². The van der Waals surface area contributed by atoms with E-state index in [0.29, 0.717) is 34.5 Å². The van der Waals surface area contributed by atoms with Crippen molar-refractivity contribution >= 4 is 16.7 Å². The van der Waals surface area contributed by atoms with Crippen LogP contribution in [0.3, 0.4) is 0 Å². The molecule has 2 aliphatic heterocycles. The molecule has 35 heavy (non-hydrogen) atoms. The fourth-order valence-corrected chi connectivity index (χ4v) is 5.20. The lowest BCUT2D eigenvalue weighted by atomic mass is 9.98. The number of alkyl halides is 3. The zero-order chi connectivity index (χ0) is 24.6. The van der Waals surface area contributed by atoms with E-state index in [1.165, 1.54) is 18.9 Å². The van der Waals surface area contributed by atoms with Gasteiger partial charge < -0.3 is 15.3 Å². The number of rotatable bonds is 4. The number of hydrogen-bond donors (Lipinski definition) is 2. The molecule has 5 rings (SSSR count). The molecule has 0 saturated carbocycles. The summed E-state index contributed by atoms with van der Waals surface area (Å²) in [6, 6.07) is 7.20. The number of halogens is 3. The molecule has 0 bridgehead atoms. The van der Waals surface area contributed by atoms with Crippen LogP contribution in [0, 0.1) is 0 Å². The second-order valence-electron chi connectivity index (χ2n) is 9.54. The van der Waals surface area contributed by atoms with Crippen molar-refractivity contribution in [2.24, 2.45) is 0 Å². The smallest absolute Gasteiger partial charge is 0.416 e. The third-order valence-corrected chi connectivity index (χ3v) is 7.12. The van der Waals surface area contributed by atoms with E-state index in [1.807, 2.05) is 0 Å². The van der Waals surface area contributed by atoms with Crippen molar-refractivity contribution in [3.63, 3.8) is 0 Å². The maximum absolute atomic E-state index is 13.0. The average Bonchev–Trinajstić information content (AvgIpc) is 2.85. The summed E-state index contributed by atoms with van der Waals surface area (Å²) >= 11 is 0. The summed E-state index contributed by atoms with van der Waals surface area (Å²) in [5.74, 6) is 0.0482. The van der Waals surface area contributed by atoms with Gasteiger partial charge in [0, 0.05) is 35.8 Å². The van der Waals surface area contributed by atoms with E-state index < -0.39 is 17.5 Å². The Bertz CT molecular complexity index is 1200.